The van der Waals surface area contributed by atoms with Crippen LogP contribution in [0.1, 0.15) is 25.7 Å². The van der Waals surface area contributed by atoms with Crippen LogP contribution in [-0.2, 0) is 4.79 Å². The number of hydrogen-bond donors (Lipinski definition) is 3. The third kappa shape index (κ3) is 3.01. The second kappa shape index (κ2) is 6.07. The van der Waals surface area contributed by atoms with Gasteiger partial charge in [0.2, 0.25) is 18.2 Å². The Morgan fingerprint density at radius 1 is 1.22 bits per heavy atom. The lowest BCUT2D eigenvalue weighted by molar-refractivity contribution is -0.123. The summed E-state index contributed by atoms with van der Waals surface area (Å²) in [5.74, 6) is -0.207. The molecule has 0 unspecified atom stereocenters. The second-order valence-corrected chi connectivity index (χ2v) is 5.52. The lowest BCUT2D eigenvalue weighted by Crippen LogP contribution is -2.56. The van der Waals surface area contributed by atoms with Gasteiger partial charge >= 0.3 is 6.03 Å². The van der Waals surface area contributed by atoms with E-state index in [-0.39, 0.29) is 0 Å². The van der Waals surface area contributed by atoms with Crippen molar-refractivity contribution in [3.8, 4) is 11.5 Å². The molecule has 0 spiro atoms. The number of rotatable bonds is 4. The monoisotopic (exact) mass is 315 g/mol. The van der Waals surface area contributed by atoms with E-state index < -0.39 is 17.5 Å². The van der Waals surface area contributed by atoms with Crippen molar-refractivity contribution in [1.82, 2.24) is 15.5 Å². The average Bonchev–Trinajstić information content (AvgIpc) is 3.19. The quantitative estimate of drug-likeness (QED) is 0.791. The number of carbonyl (C=O) groups is 2. The molecule has 120 valence electrons. The number of nitrogens with two attached hydrogens (primary N) is 1. The number of amides is 3. The van der Waals surface area contributed by atoms with Crippen molar-refractivity contribution in [2.75, 3.05) is 5.32 Å². The Kier molecular flexibility index (Phi) is 3.96. The highest BCUT2D eigenvalue weighted by Crippen LogP contribution is 2.30. The number of hydrogen-bond acceptors (Lipinski definition) is 5. The zero-order valence-corrected chi connectivity index (χ0v) is 12.4. The molecular formula is C15H17N5O3. The molecule has 3 amide bonds. The van der Waals surface area contributed by atoms with Crippen molar-refractivity contribution in [2.45, 2.75) is 31.2 Å². The highest BCUT2D eigenvalue weighted by Gasteiger charge is 2.41. The molecule has 1 saturated carbocycles. The largest absolute Gasteiger partial charge is 0.423 e. The average molecular weight is 315 g/mol. The van der Waals surface area contributed by atoms with Gasteiger partial charge in [-0.25, -0.2) is 4.79 Å². The van der Waals surface area contributed by atoms with Crippen LogP contribution >= 0.6 is 0 Å². The summed E-state index contributed by atoms with van der Waals surface area (Å²) in [6.07, 6.45) is 4.05. The van der Waals surface area contributed by atoms with Crippen molar-refractivity contribution in [1.29, 1.82) is 0 Å². The third-order valence-electron chi connectivity index (χ3n) is 4.05. The van der Waals surface area contributed by atoms with Crippen LogP contribution in [-0.4, -0.2) is 27.7 Å². The maximum Gasteiger partial charge on any atom is 0.320 e. The number of primary amides is 1. The topological polar surface area (TPSA) is 123 Å². The minimum absolute atomic E-state index is 0.298. The lowest BCUT2D eigenvalue weighted by Gasteiger charge is -2.26. The summed E-state index contributed by atoms with van der Waals surface area (Å²) in [4.78, 5) is 24.0. The van der Waals surface area contributed by atoms with Gasteiger partial charge in [0.15, 0.2) is 0 Å². The minimum Gasteiger partial charge on any atom is -0.423 e. The molecule has 8 nitrogen and oxygen atoms in total. The van der Waals surface area contributed by atoms with Crippen molar-refractivity contribution in [3.05, 3.63) is 30.7 Å². The van der Waals surface area contributed by atoms with Gasteiger partial charge in [-0.3, -0.25) is 4.79 Å². The first-order valence-corrected chi connectivity index (χ1v) is 7.35. The fourth-order valence-corrected chi connectivity index (χ4v) is 2.85. The smallest absolute Gasteiger partial charge is 0.320 e. The maximum absolute atomic E-state index is 12.3. The molecule has 1 aliphatic carbocycles. The predicted molar refractivity (Wildman–Crippen MR) is 82.3 cm³/mol. The van der Waals surface area contributed by atoms with E-state index >= 15 is 0 Å². The SMILES string of the molecule is NC(=O)C1(NC(=O)Nc2ccccc2-c2nnco2)CCCC1. The van der Waals surface area contributed by atoms with Crippen LogP contribution in [0.2, 0.25) is 0 Å². The number of nitrogens with zero attached hydrogens (tertiary/aromatic N) is 2. The molecule has 0 radical (unpaired) electrons. The summed E-state index contributed by atoms with van der Waals surface area (Å²) in [6.45, 7) is 0. The standard InChI is InChI=1S/C15H17N5O3/c16-13(21)15(7-3-4-8-15)19-14(22)18-11-6-2-1-5-10(11)12-20-17-9-23-12/h1-2,5-6,9H,3-4,7-8H2,(H2,16,21)(H2,18,19,22). The summed E-state index contributed by atoms with van der Waals surface area (Å²) >= 11 is 0. The first-order valence-electron chi connectivity index (χ1n) is 7.35. The molecule has 1 aliphatic rings. The number of para-hydroxylation sites is 1. The molecule has 1 fully saturated rings. The molecule has 0 atom stereocenters. The van der Waals surface area contributed by atoms with Crippen LogP contribution in [0.5, 0.6) is 0 Å². The van der Waals surface area contributed by atoms with Crippen LogP contribution in [0.4, 0.5) is 10.5 Å². The van der Waals surface area contributed by atoms with Gasteiger partial charge < -0.3 is 20.8 Å². The van der Waals surface area contributed by atoms with Crippen molar-refractivity contribution < 1.29 is 14.0 Å². The van der Waals surface area contributed by atoms with Gasteiger partial charge in [-0.1, -0.05) is 25.0 Å². The van der Waals surface area contributed by atoms with Crippen LogP contribution in [0.3, 0.4) is 0 Å². The molecule has 3 rings (SSSR count). The molecule has 0 aliphatic heterocycles. The summed E-state index contributed by atoms with van der Waals surface area (Å²) in [7, 11) is 0. The molecule has 0 bridgehead atoms. The molecule has 4 N–H and O–H groups in total. The van der Waals surface area contributed by atoms with Gasteiger partial charge in [-0.15, -0.1) is 10.2 Å². The van der Waals surface area contributed by atoms with Gasteiger partial charge in [0, 0.05) is 0 Å². The van der Waals surface area contributed by atoms with Gasteiger partial charge in [-0.05, 0) is 25.0 Å². The zero-order valence-electron chi connectivity index (χ0n) is 12.4. The van der Waals surface area contributed by atoms with Crippen molar-refractivity contribution >= 4 is 17.6 Å². The minimum atomic E-state index is -0.969. The number of aromatic nitrogens is 2. The maximum atomic E-state index is 12.3. The molecular weight excluding hydrogens is 298 g/mol. The summed E-state index contributed by atoms with van der Waals surface area (Å²) in [5.41, 5.74) is 5.60. The number of carbonyl (C=O) groups excluding carboxylic acids is 2. The molecule has 0 saturated heterocycles. The lowest BCUT2D eigenvalue weighted by atomic mass is 9.97. The molecule has 23 heavy (non-hydrogen) atoms. The Hall–Kier alpha value is -2.90. The van der Waals surface area contributed by atoms with E-state index in [9.17, 15) is 9.59 Å². The highest BCUT2D eigenvalue weighted by molar-refractivity contribution is 5.97. The zero-order chi connectivity index (χ0) is 16.3. The van der Waals surface area contributed by atoms with Crippen LogP contribution in [0.15, 0.2) is 35.1 Å². The summed E-state index contributed by atoms with van der Waals surface area (Å²) in [6, 6.07) is 6.55. The Labute approximate surface area is 132 Å². The fraction of sp³-hybridized carbons (Fsp3) is 0.333. The van der Waals surface area contributed by atoms with E-state index in [1.807, 2.05) is 0 Å². The number of urea groups is 1. The molecule has 1 aromatic heterocycles. The van der Waals surface area contributed by atoms with Gasteiger partial charge in [0.25, 0.3) is 0 Å². The number of anilines is 1. The molecule has 8 heteroatoms. The van der Waals surface area contributed by atoms with E-state index in [0.717, 1.165) is 12.8 Å². The van der Waals surface area contributed by atoms with Gasteiger partial charge in [0.05, 0.1) is 11.3 Å². The molecule has 1 aromatic carbocycles. The first-order chi connectivity index (χ1) is 11.1. The van der Waals surface area contributed by atoms with E-state index in [1.165, 1.54) is 6.39 Å². The number of benzene rings is 1. The van der Waals surface area contributed by atoms with Crippen LogP contribution < -0.4 is 16.4 Å². The Bertz CT molecular complexity index is 708. The normalized spacial score (nSPS) is 16.0. The van der Waals surface area contributed by atoms with E-state index in [1.54, 1.807) is 24.3 Å². The summed E-state index contributed by atoms with van der Waals surface area (Å²) < 4.78 is 5.17. The van der Waals surface area contributed by atoms with E-state index in [0.29, 0.717) is 30.0 Å². The predicted octanol–water partition coefficient (Wildman–Crippen LogP) is 1.66. The van der Waals surface area contributed by atoms with Crippen molar-refractivity contribution in [3.63, 3.8) is 0 Å². The molecule has 1 heterocycles. The first kappa shape index (κ1) is 15.0. The molecule has 2 aromatic rings. The Balaban J connectivity index is 1.77. The Morgan fingerprint density at radius 3 is 2.61 bits per heavy atom. The van der Waals surface area contributed by atoms with Crippen LogP contribution in [0, 0.1) is 0 Å². The van der Waals surface area contributed by atoms with Crippen molar-refractivity contribution in [2.24, 2.45) is 5.73 Å². The van der Waals surface area contributed by atoms with Gasteiger partial charge in [0.1, 0.15) is 5.54 Å². The third-order valence-corrected chi connectivity index (χ3v) is 4.05. The summed E-state index contributed by atoms with van der Waals surface area (Å²) in [5, 5.41) is 12.9. The Morgan fingerprint density at radius 2 is 1.96 bits per heavy atom. The second-order valence-electron chi connectivity index (χ2n) is 5.52. The van der Waals surface area contributed by atoms with E-state index in [2.05, 4.69) is 20.8 Å². The van der Waals surface area contributed by atoms with Gasteiger partial charge in [-0.2, -0.15) is 0 Å². The fourth-order valence-electron chi connectivity index (χ4n) is 2.85. The van der Waals surface area contributed by atoms with E-state index in [4.69, 9.17) is 10.2 Å². The number of nitrogens with one attached hydrogen (secondary N) is 2. The highest BCUT2D eigenvalue weighted by atomic mass is 16.4. The van der Waals surface area contributed by atoms with Crippen LogP contribution in [0.25, 0.3) is 11.5 Å².